The number of unbranched alkanes of at least 4 members (excludes halogenated alkanes) is 7. The molecular formula is C39H44O7. The van der Waals surface area contributed by atoms with Crippen LogP contribution in [0.25, 0.3) is 12.2 Å². The van der Waals surface area contributed by atoms with E-state index in [4.69, 9.17) is 4.74 Å². The summed E-state index contributed by atoms with van der Waals surface area (Å²) < 4.78 is 5.30. The van der Waals surface area contributed by atoms with Gasteiger partial charge in [0.15, 0.2) is 34.6 Å². The number of hydrogen-bond acceptors (Lipinski definition) is 7. The number of para-hydroxylation sites is 1. The number of allylic oxidation sites excluding steroid dienone is 11. The molecule has 0 spiro atoms. The van der Waals surface area contributed by atoms with Crippen LogP contribution in [0.2, 0.25) is 0 Å². The van der Waals surface area contributed by atoms with Gasteiger partial charge in [-0.3, -0.25) is 9.59 Å². The van der Waals surface area contributed by atoms with Crippen LogP contribution in [0.15, 0.2) is 109 Å². The fourth-order valence-corrected chi connectivity index (χ4v) is 4.14. The minimum Gasteiger partial charge on any atom is -0.504 e. The van der Waals surface area contributed by atoms with E-state index in [1.165, 1.54) is 106 Å². The van der Waals surface area contributed by atoms with Gasteiger partial charge in [0.2, 0.25) is 0 Å². The van der Waals surface area contributed by atoms with Gasteiger partial charge in [0.25, 0.3) is 0 Å². The fraction of sp³-hybridized carbons (Fsp3) is 0.256. The second kappa shape index (κ2) is 22.4. The molecule has 0 bridgehead atoms. The van der Waals surface area contributed by atoms with Gasteiger partial charge in [-0.25, -0.2) is 4.79 Å². The van der Waals surface area contributed by atoms with Gasteiger partial charge in [-0.2, -0.15) is 0 Å². The smallest absolute Gasteiger partial charge is 0.336 e. The minimum atomic E-state index is -0.720. The second-order valence-electron chi connectivity index (χ2n) is 10.5. The van der Waals surface area contributed by atoms with Crippen molar-refractivity contribution in [3.05, 3.63) is 120 Å². The van der Waals surface area contributed by atoms with Gasteiger partial charge in [0.05, 0.1) is 6.42 Å². The monoisotopic (exact) mass is 624 g/mol. The Labute approximate surface area is 271 Å². The summed E-state index contributed by atoms with van der Waals surface area (Å²) in [6.45, 7) is 2.23. The van der Waals surface area contributed by atoms with Gasteiger partial charge in [-0.1, -0.05) is 124 Å². The second-order valence-corrected chi connectivity index (χ2v) is 10.5. The summed E-state index contributed by atoms with van der Waals surface area (Å²) in [5, 5.41) is 29.1. The van der Waals surface area contributed by atoms with Gasteiger partial charge >= 0.3 is 5.97 Å². The summed E-state index contributed by atoms with van der Waals surface area (Å²) in [4.78, 5) is 36.8. The molecule has 0 aliphatic heterocycles. The lowest BCUT2D eigenvalue weighted by Gasteiger charge is -2.07. The van der Waals surface area contributed by atoms with E-state index in [1.807, 2.05) is 30.4 Å². The molecule has 0 heterocycles. The van der Waals surface area contributed by atoms with Crippen molar-refractivity contribution in [2.75, 3.05) is 0 Å². The Morgan fingerprint density at radius 3 is 1.98 bits per heavy atom. The van der Waals surface area contributed by atoms with E-state index in [2.05, 4.69) is 13.0 Å². The number of hydrogen-bond donors (Lipinski definition) is 3. The Morgan fingerprint density at radius 2 is 1.28 bits per heavy atom. The van der Waals surface area contributed by atoms with Crippen LogP contribution in [-0.4, -0.2) is 32.9 Å². The number of aromatic hydroxyl groups is 3. The molecule has 0 amide bonds. The number of esters is 1. The molecular weight excluding hydrogens is 580 g/mol. The highest BCUT2D eigenvalue weighted by Crippen LogP contribution is 2.31. The summed E-state index contributed by atoms with van der Waals surface area (Å²) in [6.07, 6.45) is 33.0. The largest absolute Gasteiger partial charge is 0.504 e. The van der Waals surface area contributed by atoms with Crippen molar-refractivity contribution in [2.45, 2.75) is 64.7 Å². The van der Waals surface area contributed by atoms with Gasteiger partial charge in [0, 0.05) is 11.6 Å². The predicted octanol–water partition coefficient (Wildman–Crippen LogP) is 8.89. The van der Waals surface area contributed by atoms with Crippen molar-refractivity contribution < 1.29 is 34.4 Å². The first kappa shape index (κ1) is 37.0. The van der Waals surface area contributed by atoms with Crippen LogP contribution in [0.1, 0.15) is 75.8 Å². The van der Waals surface area contributed by atoms with Crippen LogP contribution in [-0.2, 0) is 14.4 Å². The van der Waals surface area contributed by atoms with E-state index in [0.29, 0.717) is 5.56 Å². The molecule has 2 aromatic carbocycles. The molecule has 0 unspecified atom stereocenters. The lowest BCUT2D eigenvalue weighted by molar-refractivity contribution is -0.129. The molecule has 0 aromatic heterocycles. The standard InChI is InChI=1S/C39H44O7/c1-2-3-4-5-6-7-8-9-10-11-12-13-14-15-16-17-18-22-38(45)46-39-32(20-19-21-36(39)43)25-27-34(41)30-33(40)26-23-31-24-28-35(42)37(44)29-31/h10-29,42-44H,2-9,30H2,1H3/b11-10+,13-12+,15-14+,17-16+,22-18+,26-23+,27-25-. The molecule has 46 heavy (non-hydrogen) atoms. The molecule has 2 rings (SSSR count). The fourth-order valence-electron chi connectivity index (χ4n) is 4.14. The number of ketones is 2. The number of carbonyl (C=O) groups excluding carboxylic acids is 3. The molecule has 2 aromatic rings. The van der Waals surface area contributed by atoms with Crippen LogP contribution < -0.4 is 4.74 Å². The van der Waals surface area contributed by atoms with Crippen molar-refractivity contribution in [1.29, 1.82) is 0 Å². The molecule has 0 fully saturated rings. The molecule has 0 saturated heterocycles. The van der Waals surface area contributed by atoms with Crippen LogP contribution in [0.5, 0.6) is 23.0 Å². The Hall–Kier alpha value is -5.17. The predicted molar refractivity (Wildman–Crippen MR) is 185 cm³/mol. The van der Waals surface area contributed by atoms with E-state index >= 15 is 0 Å². The van der Waals surface area contributed by atoms with Crippen molar-refractivity contribution in [3.8, 4) is 23.0 Å². The number of ether oxygens (including phenoxy) is 1. The van der Waals surface area contributed by atoms with Crippen molar-refractivity contribution in [3.63, 3.8) is 0 Å². The van der Waals surface area contributed by atoms with Gasteiger partial charge in [-0.05, 0) is 54.8 Å². The first-order valence-electron chi connectivity index (χ1n) is 15.6. The molecule has 0 atom stereocenters. The van der Waals surface area contributed by atoms with E-state index in [1.54, 1.807) is 18.2 Å². The van der Waals surface area contributed by atoms with Crippen molar-refractivity contribution >= 4 is 29.7 Å². The van der Waals surface area contributed by atoms with Crippen LogP contribution in [0.4, 0.5) is 0 Å². The van der Waals surface area contributed by atoms with Crippen LogP contribution >= 0.6 is 0 Å². The maximum atomic E-state index is 12.3. The molecule has 7 heteroatoms. The third-order valence-corrected chi connectivity index (χ3v) is 6.61. The minimum absolute atomic E-state index is 0.117. The topological polar surface area (TPSA) is 121 Å². The number of phenols is 3. The third-order valence-electron chi connectivity index (χ3n) is 6.61. The number of phenolic OH excluding ortho intramolecular Hbond substituents is 3. The Kier molecular flexibility index (Phi) is 18.0. The summed E-state index contributed by atoms with van der Waals surface area (Å²) >= 11 is 0. The number of carbonyl (C=O) groups is 3. The lowest BCUT2D eigenvalue weighted by atomic mass is 10.1. The third kappa shape index (κ3) is 16.1. The zero-order valence-corrected chi connectivity index (χ0v) is 26.4. The molecule has 0 saturated carbocycles. The molecule has 0 aliphatic rings. The van der Waals surface area contributed by atoms with Gasteiger partial charge < -0.3 is 20.1 Å². The summed E-state index contributed by atoms with van der Waals surface area (Å²) in [5.74, 6) is -2.70. The highest BCUT2D eigenvalue weighted by Gasteiger charge is 2.11. The number of benzene rings is 2. The Morgan fingerprint density at radius 1 is 0.652 bits per heavy atom. The maximum absolute atomic E-state index is 12.3. The SMILES string of the molecule is CCCCCCCCC/C=C/C=C/C=C/C=C/C=C/C(=O)Oc1c(O)cccc1/C=C\C(=O)CC(=O)/C=C/c1ccc(O)c(O)c1. The highest BCUT2D eigenvalue weighted by atomic mass is 16.5. The van der Waals surface area contributed by atoms with Crippen LogP contribution in [0.3, 0.4) is 0 Å². The molecule has 0 aliphatic carbocycles. The molecule has 0 radical (unpaired) electrons. The average Bonchev–Trinajstić information content (AvgIpc) is 3.03. The Bertz CT molecular complexity index is 1490. The normalized spacial score (nSPS) is 12.3. The highest BCUT2D eigenvalue weighted by molar-refractivity contribution is 6.11. The quantitative estimate of drug-likeness (QED) is 0.0256. The molecule has 242 valence electrons. The molecule has 7 nitrogen and oxygen atoms in total. The van der Waals surface area contributed by atoms with Gasteiger partial charge in [-0.15, -0.1) is 0 Å². The average molecular weight is 625 g/mol. The number of rotatable bonds is 20. The van der Waals surface area contributed by atoms with E-state index in [9.17, 15) is 29.7 Å². The lowest BCUT2D eigenvalue weighted by Crippen LogP contribution is -2.05. The summed E-state index contributed by atoms with van der Waals surface area (Å²) in [6, 6.07) is 8.51. The van der Waals surface area contributed by atoms with Crippen LogP contribution in [0, 0.1) is 0 Å². The molecule has 3 N–H and O–H groups in total. The van der Waals surface area contributed by atoms with Gasteiger partial charge in [0.1, 0.15) is 0 Å². The zero-order valence-electron chi connectivity index (χ0n) is 26.4. The zero-order chi connectivity index (χ0) is 33.4. The van der Waals surface area contributed by atoms with E-state index < -0.39 is 24.0 Å². The first-order valence-corrected chi connectivity index (χ1v) is 15.6. The maximum Gasteiger partial charge on any atom is 0.336 e. The Balaban J connectivity index is 1.78. The van der Waals surface area contributed by atoms with Crippen molar-refractivity contribution in [1.82, 2.24) is 0 Å². The first-order chi connectivity index (χ1) is 22.3. The van der Waals surface area contributed by atoms with Crippen molar-refractivity contribution in [2.24, 2.45) is 0 Å². The van der Waals surface area contributed by atoms with E-state index in [-0.39, 0.29) is 28.6 Å². The van der Waals surface area contributed by atoms with E-state index in [0.717, 1.165) is 12.5 Å². The summed E-state index contributed by atoms with van der Waals surface area (Å²) in [7, 11) is 0. The summed E-state index contributed by atoms with van der Waals surface area (Å²) in [5.41, 5.74) is 0.753.